The highest BCUT2D eigenvalue weighted by molar-refractivity contribution is 5.91. The maximum atomic E-state index is 11.0. The number of aliphatic hydroxyl groups is 1. The highest BCUT2D eigenvalue weighted by Gasteiger charge is 2.18. The maximum Gasteiger partial charge on any atom is 0.339 e. The summed E-state index contributed by atoms with van der Waals surface area (Å²) < 4.78 is 10.1. The molecule has 0 amide bonds. The number of aromatic carboxylic acids is 1. The number of nitrogens with zero attached hydrogens (tertiary/aromatic N) is 1. The second kappa shape index (κ2) is 7.41. The molecule has 0 aliphatic rings. The molecule has 0 heterocycles. The average molecular weight is 285 g/mol. The SMILES string of the molecule is CCOCC(O)COc1ccc([N+](=O)[O-])cc1C(=O)O. The Labute approximate surface area is 114 Å². The van der Waals surface area contributed by atoms with Crippen molar-refractivity contribution in [1.82, 2.24) is 0 Å². The van der Waals surface area contributed by atoms with E-state index in [4.69, 9.17) is 14.6 Å². The lowest BCUT2D eigenvalue weighted by Gasteiger charge is -2.13. The van der Waals surface area contributed by atoms with Gasteiger partial charge in [-0.05, 0) is 13.0 Å². The number of non-ortho nitro benzene ring substituents is 1. The van der Waals surface area contributed by atoms with Gasteiger partial charge in [0.25, 0.3) is 5.69 Å². The highest BCUT2D eigenvalue weighted by atomic mass is 16.6. The van der Waals surface area contributed by atoms with Gasteiger partial charge in [-0.1, -0.05) is 0 Å². The Kier molecular flexibility index (Phi) is 5.88. The Hall–Kier alpha value is -2.19. The summed E-state index contributed by atoms with van der Waals surface area (Å²) in [6.45, 7) is 2.10. The lowest BCUT2D eigenvalue weighted by atomic mass is 10.2. The number of rotatable bonds is 8. The van der Waals surface area contributed by atoms with Crippen LogP contribution in [0.4, 0.5) is 5.69 Å². The van der Waals surface area contributed by atoms with Crippen LogP contribution >= 0.6 is 0 Å². The van der Waals surface area contributed by atoms with Gasteiger partial charge in [-0.2, -0.15) is 0 Å². The van der Waals surface area contributed by atoms with Gasteiger partial charge in [-0.15, -0.1) is 0 Å². The number of hydrogen-bond acceptors (Lipinski definition) is 6. The molecule has 0 spiro atoms. The molecule has 0 fully saturated rings. The Morgan fingerprint density at radius 1 is 1.45 bits per heavy atom. The first-order chi connectivity index (χ1) is 9.45. The van der Waals surface area contributed by atoms with Crippen molar-refractivity contribution >= 4 is 11.7 Å². The van der Waals surface area contributed by atoms with Gasteiger partial charge in [0.15, 0.2) is 0 Å². The number of benzene rings is 1. The van der Waals surface area contributed by atoms with E-state index in [1.54, 1.807) is 6.92 Å². The third kappa shape index (κ3) is 4.48. The molecule has 0 aliphatic carbocycles. The van der Waals surface area contributed by atoms with Crippen molar-refractivity contribution in [2.75, 3.05) is 19.8 Å². The molecule has 1 rings (SSSR count). The number of carbonyl (C=O) groups is 1. The molecule has 1 aromatic carbocycles. The monoisotopic (exact) mass is 285 g/mol. The normalized spacial score (nSPS) is 11.9. The first-order valence-corrected chi connectivity index (χ1v) is 5.86. The number of carboxylic acid groups (broad SMARTS) is 1. The first kappa shape index (κ1) is 15.9. The zero-order valence-corrected chi connectivity index (χ0v) is 10.8. The quantitative estimate of drug-likeness (QED) is 0.541. The molecule has 0 aromatic heterocycles. The molecule has 1 atom stereocenters. The van der Waals surface area contributed by atoms with Gasteiger partial charge in [-0.25, -0.2) is 4.79 Å². The fourth-order valence-electron chi connectivity index (χ4n) is 1.41. The van der Waals surface area contributed by atoms with E-state index in [1.807, 2.05) is 0 Å². The van der Waals surface area contributed by atoms with Crippen molar-refractivity contribution in [3.05, 3.63) is 33.9 Å². The molecular weight excluding hydrogens is 270 g/mol. The number of nitro benzene ring substituents is 1. The fourth-order valence-corrected chi connectivity index (χ4v) is 1.41. The summed E-state index contributed by atoms with van der Waals surface area (Å²) in [6, 6.07) is 3.23. The van der Waals surface area contributed by atoms with Gasteiger partial charge in [0.1, 0.15) is 24.0 Å². The Bertz CT molecular complexity index is 489. The minimum atomic E-state index is -1.34. The largest absolute Gasteiger partial charge is 0.490 e. The summed E-state index contributed by atoms with van der Waals surface area (Å²) in [4.78, 5) is 20.9. The van der Waals surface area contributed by atoms with Crippen LogP contribution in [-0.4, -0.2) is 47.0 Å². The summed E-state index contributed by atoms with van der Waals surface area (Å²) in [5.74, 6) is -1.39. The Morgan fingerprint density at radius 3 is 2.70 bits per heavy atom. The van der Waals surface area contributed by atoms with Crippen molar-refractivity contribution in [3.8, 4) is 5.75 Å². The van der Waals surface area contributed by atoms with Crippen LogP contribution in [0, 0.1) is 10.1 Å². The van der Waals surface area contributed by atoms with E-state index in [0.29, 0.717) is 6.61 Å². The summed E-state index contributed by atoms with van der Waals surface area (Å²) in [5.41, 5.74) is -0.674. The van der Waals surface area contributed by atoms with Gasteiger partial charge in [0.2, 0.25) is 0 Å². The van der Waals surface area contributed by atoms with Crippen LogP contribution < -0.4 is 4.74 Å². The average Bonchev–Trinajstić information content (AvgIpc) is 2.42. The lowest BCUT2D eigenvalue weighted by molar-refractivity contribution is -0.384. The minimum Gasteiger partial charge on any atom is -0.490 e. The summed E-state index contributed by atoms with van der Waals surface area (Å²) in [7, 11) is 0. The number of aliphatic hydroxyl groups excluding tert-OH is 1. The van der Waals surface area contributed by atoms with Crippen molar-refractivity contribution in [1.29, 1.82) is 0 Å². The topological polar surface area (TPSA) is 119 Å². The second-order valence-corrected chi connectivity index (χ2v) is 3.87. The van der Waals surface area contributed by atoms with Crippen LogP contribution in [-0.2, 0) is 4.74 Å². The third-order valence-electron chi connectivity index (χ3n) is 2.35. The van der Waals surface area contributed by atoms with Crippen LogP contribution in [0.2, 0.25) is 0 Å². The minimum absolute atomic E-state index is 0.0429. The molecule has 110 valence electrons. The number of ether oxygens (including phenoxy) is 2. The van der Waals surface area contributed by atoms with Crippen LogP contribution in [0.15, 0.2) is 18.2 Å². The Balaban J connectivity index is 2.79. The van der Waals surface area contributed by atoms with E-state index in [1.165, 1.54) is 6.07 Å². The van der Waals surface area contributed by atoms with Crippen LogP contribution in [0.25, 0.3) is 0 Å². The molecular formula is C12H15NO7. The molecule has 8 heteroatoms. The van der Waals surface area contributed by atoms with Gasteiger partial charge < -0.3 is 19.7 Å². The van der Waals surface area contributed by atoms with E-state index >= 15 is 0 Å². The molecule has 0 saturated carbocycles. The van der Waals surface area contributed by atoms with E-state index in [-0.39, 0.29) is 30.2 Å². The van der Waals surface area contributed by atoms with E-state index in [2.05, 4.69) is 0 Å². The van der Waals surface area contributed by atoms with Crippen molar-refractivity contribution in [3.63, 3.8) is 0 Å². The zero-order chi connectivity index (χ0) is 15.1. The number of nitro groups is 1. The molecule has 8 nitrogen and oxygen atoms in total. The predicted octanol–water partition coefficient (Wildman–Crippen LogP) is 1.07. The van der Waals surface area contributed by atoms with Gasteiger partial charge in [-0.3, -0.25) is 10.1 Å². The van der Waals surface area contributed by atoms with Crippen molar-refractivity contribution in [2.45, 2.75) is 13.0 Å². The maximum absolute atomic E-state index is 11.0. The predicted molar refractivity (Wildman–Crippen MR) is 68.1 cm³/mol. The standard InChI is InChI=1S/C12H15NO7/c1-2-19-6-9(14)7-20-11-4-3-8(13(17)18)5-10(11)12(15)16/h3-5,9,14H,2,6-7H2,1H3,(H,15,16). The Morgan fingerprint density at radius 2 is 2.15 bits per heavy atom. The van der Waals surface area contributed by atoms with Crippen molar-refractivity contribution < 1.29 is 29.4 Å². The summed E-state index contributed by atoms with van der Waals surface area (Å²) >= 11 is 0. The zero-order valence-electron chi connectivity index (χ0n) is 10.8. The highest BCUT2D eigenvalue weighted by Crippen LogP contribution is 2.24. The molecule has 0 radical (unpaired) electrons. The van der Waals surface area contributed by atoms with Gasteiger partial charge in [0.05, 0.1) is 11.5 Å². The molecule has 0 saturated heterocycles. The molecule has 1 unspecified atom stereocenters. The first-order valence-electron chi connectivity index (χ1n) is 5.86. The van der Waals surface area contributed by atoms with E-state index < -0.39 is 17.0 Å². The van der Waals surface area contributed by atoms with Crippen LogP contribution in [0.3, 0.4) is 0 Å². The third-order valence-corrected chi connectivity index (χ3v) is 2.35. The smallest absolute Gasteiger partial charge is 0.339 e. The lowest BCUT2D eigenvalue weighted by Crippen LogP contribution is -2.24. The van der Waals surface area contributed by atoms with E-state index in [9.17, 15) is 20.0 Å². The second-order valence-electron chi connectivity index (χ2n) is 3.87. The molecule has 2 N–H and O–H groups in total. The number of hydrogen-bond donors (Lipinski definition) is 2. The molecule has 0 aliphatic heterocycles. The summed E-state index contributed by atoms with van der Waals surface area (Å²) in [5, 5.41) is 29.1. The van der Waals surface area contributed by atoms with E-state index in [0.717, 1.165) is 12.1 Å². The van der Waals surface area contributed by atoms with Gasteiger partial charge >= 0.3 is 5.97 Å². The molecule has 0 bridgehead atoms. The van der Waals surface area contributed by atoms with Crippen molar-refractivity contribution in [2.24, 2.45) is 0 Å². The van der Waals surface area contributed by atoms with Crippen LogP contribution in [0.5, 0.6) is 5.75 Å². The molecule has 20 heavy (non-hydrogen) atoms. The number of carboxylic acids is 1. The van der Waals surface area contributed by atoms with Crippen LogP contribution in [0.1, 0.15) is 17.3 Å². The molecule has 1 aromatic rings. The summed E-state index contributed by atoms with van der Waals surface area (Å²) in [6.07, 6.45) is -0.910. The van der Waals surface area contributed by atoms with Gasteiger partial charge in [0, 0.05) is 18.7 Å². The fraction of sp³-hybridized carbons (Fsp3) is 0.417.